The van der Waals surface area contributed by atoms with Gasteiger partial charge in [-0.2, -0.15) is 0 Å². The van der Waals surface area contributed by atoms with Gasteiger partial charge in [0.25, 0.3) is 0 Å². The molecule has 26 heavy (non-hydrogen) atoms. The average molecular weight is 357 g/mol. The highest BCUT2D eigenvalue weighted by atomic mass is 16.4. The number of carbonyl (C=O) groups is 1. The number of hydrogen-bond acceptors (Lipinski definition) is 1. The van der Waals surface area contributed by atoms with Crippen molar-refractivity contribution in [2.24, 2.45) is 35.5 Å². The fourth-order valence-corrected chi connectivity index (χ4v) is 4.81. The van der Waals surface area contributed by atoms with E-state index in [-0.39, 0.29) is 6.42 Å². The second-order valence-corrected chi connectivity index (χ2v) is 8.62. The molecule has 0 aromatic carbocycles. The quantitative estimate of drug-likeness (QED) is 0.324. The molecule has 1 N–H and O–H groups in total. The second-order valence-electron chi connectivity index (χ2n) is 8.62. The van der Waals surface area contributed by atoms with Crippen LogP contribution >= 0.6 is 0 Å². The van der Waals surface area contributed by atoms with Crippen molar-refractivity contribution < 1.29 is 9.90 Å². The number of carboxylic acid groups (broad SMARTS) is 1. The van der Waals surface area contributed by atoms with Crippen molar-refractivity contribution in [1.82, 2.24) is 0 Å². The molecule has 144 valence electrons. The van der Waals surface area contributed by atoms with Gasteiger partial charge in [0.2, 0.25) is 0 Å². The van der Waals surface area contributed by atoms with Crippen LogP contribution in [0.4, 0.5) is 0 Å². The van der Waals surface area contributed by atoms with E-state index in [0.29, 0.717) is 17.8 Å². The molecule has 2 fully saturated rings. The lowest BCUT2D eigenvalue weighted by Crippen LogP contribution is -2.12. The smallest absolute Gasteiger partial charge is 0.303 e. The fourth-order valence-electron chi connectivity index (χ4n) is 4.81. The molecular weight excluding hydrogens is 320 g/mol. The SMILES string of the molecule is CC#CCC(C)[C@H](C)/C=C/[C@H]1C(C)C[C@@H]2C/C(=C\CCCC(=O)O)C[C@@H]21. The summed E-state index contributed by atoms with van der Waals surface area (Å²) in [4.78, 5) is 10.6. The second kappa shape index (κ2) is 10.0. The number of fused-ring (bicyclic) bond motifs is 1. The third-order valence-electron chi connectivity index (χ3n) is 6.62. The molecule has 0 aliphatic heterocycles. The lowest BCUT2D eigenvalue weighted by Gasteiger charge is -2.20. The van der Waals surface area contributed by atoms with Gasteiger partial charge in [-0.3, -0.25) is 4.79 Å². The van der Waals surface area contributed by atoms with Gasteiger partial charge in [-0.25, -0.2) is 0 Å². The first-order valence-corrected chi connectivity index (χ1v) is 10.4. The molecule has 0 amide bonds. The predicted octanol–water partition coefficient (Wildman–Crippen LogP) is 6.09. The largest absolute Gasteiger partial charge is 0.481 e. The van der Waals surface area contributed by atoms with Crippen LogP contribution in [-0.4, -0.2) is 11.1 Å². The summed E-state index contributed by atoms with van der Waals surface area (Å²) >= 11 is 0. The van der Waals surface area contributed by atoms with Gasteiger partial charge in [0.15, 0.2) is 0 Å². The molecule has 2 aliphatic carbocycles. The highest BCUT2D eigenvalue weighted by molar-refractivity contribution is 5.66. The number of carboxylic acids is 1. The minimum absolute atomic E-state index is 0.289. The van der Waals surface area contributed by atoms with Crippen LogP contribution in [-0.2, 0) is 4.79 Å². The maximum Gasteiger partial charge on any atom is 0.303 e. The summed E-state index contributed by atoms with van der Waals surface area (Å²) in [5.74, 6) is 9.85. The highest BCUT2D eigenvalue weighted by Gasteiger charge is 2.43. The summed E-state index contributed by atoms with van der Waals surface area (Å²) in [5.41, 5.74) is 1.58. The number of rotatable bonds is 8. The molecule has 0 bridgehead atoms. The van der Waals surface area contributed by atoms with Crippen LogP contribution < -0.4 is 0 Å². The summed E-state index contributed by atoms with van der Waals surface area (Å²) in [7, 11) is 0. The van der Waals surface area contributed by atoms with E-state index >= 15 is 0 Å². The van der Waals surface area contributed by atoms with Crippen LogP contribution in [0.15, 0.2) is 23.8 Å². The molecular formula is C24H36O2. The van der Waals surface area contributed by atoms with Crippen molar-refractivity contribution in [1.29, 1.82) is 0 Å². The molecule has 2 heteroatoms. The Bertz CT molecular complexity index is 589. The van der Waals surface area contributed by atoms with Gasteiger partial charge in [0.1, 0.15) is 0 Å². The fraction of sp³-hybridized carbons (Fsp3) is 0.708. The van der Waals surface area contributed by atoms with Gasteiger partial charge in [-0.15, -0.1) is 11.8 Å². The molecule has 0 heterocycles. The Morgan fingerprint density at radius 2 is 2.12 bits per heavy atom. The lowest BCUT2D eigenvalue weighted by molar-refractivity contribution is -0.137. The normalized spacial score (nSPS) is 31.6. The minimum Gasteiger partial charge on any atom is -0.481 e. The molecule has 0 aromatic rings. The highest BCUT2D eigenvalue weighted by Crippen LogP contribution is 2.53. The molecule has 2 nitrogen and oxygen atoms in total. The van der Waals surface area contributed by atoms with Gasteiger partial charge in [0.05, 0.1) is 0 Å². The zero-order valence-electron chi connectivity index (χ0n) is 17.0. The third-order valence-corrected chi connectivity index (χ3v) is 6.62. The number of hydrogen-bond donors (Lipinski definition) is 1. The summed E-state index contributed by atoms with van der Waals surface area (Å²) in [5, 5.41) is 8.76. The van der Waals surface area contributed by atoms with Crippen LogP contribution in [0.25, 0.3) is 0 Å². The Labute approximate surface area is 160 Å². The average Bonchev–Trinajstić information content (AvgIpc) is 3.10. The standard InChI is InChI=1S/C24H36O2/c1-5-6-9-17(2)18(3)12-13-22-19(4)14-21-15-20(16-23(21)22)10-7-8-11-24(25)26/h10,12-13,17-19,21-23H,7-9,11,14-16H2,1-4H3,(H,25,26)/b13-12+,20-10+/t17?,18-,19?,21-,22+,23+/m1/s1. The molecule has 6 atom stereocenters. The number of unbranched alkanes of at least 4 members (excludes halogenated alkanes) is 1. The van der Waals surface area contributed by atoms with Crippen molar-refractivity contribution >= 4 is 5.97 Å². The Kier molecular flexibility index (Phi) is 8.01. The van der Waals surface area contributed by atoms with E-state index in [9.17, 15) is 4.79 Å². The van der Waals surface area contributed by atoms with E-state index in [1.165, 1.54) is 19.3 Å². The number of allylic oxidation sites excluding steroid dienone is 4. The van der Waals surface area contributed by atoms with Crippen molar-refractivity contribution in [2.75, 3.05) is 0 Å². The molecule has 0 saturated heterocycles. The van der Waals surface area contributed by atoms with Crippen molar-refractivity contribution in [3.63, 3.8) is 0 Å². The topological polar surface area (TPSA) is 37.3 Å². The first-order chi connectivity index (χ1) is 12.4. The summed E-state index contributed by atoms with van der Waals surface area (Å²) < 4.78 is 0. The zero-order chi connectivity index (χ0) is 19.1. The lowest BCUT2D eigenvalue weighted by atomic mass is 9.85. The number of aliphatic carboxylic acids is 1. The maximum atomic E-state index is 10.6. The van der Waals surface area contributed by atoms with Gasteiger partial charge < -0.3 is 5.11 Å². The Morgan fingerprint density at radius 1 is 1.35 bits per heavy atom. The van der Waals surface area contributed by atoms with Crippen LogP contribution in [0.1, 0.15) is 72.6 Å². The third kappa shape index (κ3) is 5.76. The van der Waals surface area contributed by atoms with E-state index < -0.39 is 5.97 Å². The summed E-state index contributed by atoms with van der Waals surface area (Å²) in [6.45, 7) is 8.95. The van der Waals surface area contributed by atoms with Gasteiger partial charge >= 0.3 is 5.97 Å². The van der Waals surface area contributed by atoms with Crippen LogP contribution in [0, 0.1) is 47.3 Å². The van der Waals surface area contributed by atoms with Crippen LogP contribution in [0.5, 0.6) is 0 Å². The van der Waals surface area contributed by atoms with Crippen molar-refractivity contribution in [3.05, 3.63) is 23.8 Å². The molecule has 2 unspecified atom stereocenters. The molecule has 0 spiro atoms. The van der Waals surface area contributed by atoms with Crippen molar-refractivity contribution in [3.8, 4) is 11.8 Å². The van der Waals surface area contributed by atoms with Gasteiger partial charge in [-0.05, 0) is 74.5 Å². The molecule has 0 aromatic heterocycles. The summed E-state index contributed by atoms with van der Waals surface area (Å²) in [6, 6.07) is 0. The maximum absolute atomic E-state index is 10.6. The minimum atomic E-state index is -0.681. The Morgan fingerprint density at radius 3 is 2.81 bits per heavy atom. The van der Waals surface area contributed by atoms with E-state index in [0.717, 1.165) is 37.0 Å². The van der Waals surface area contributed by atoms with Gasteiger partial charge in [0, 0.05) is 12.8 Å². The van der Waals surface area contributed by atoms with Crippen LogP contribution in [0.3, 0.4) is 0 Å². The monoisotopic (exact) mass is 356 g/mol. The first kappa shape index (κ1) is 20.8. The van der Waals surface area contributed by atoms with E-state index in [1.807, 2.05) is 6.92 Å². The Hall–Kier alpha value is -1.49. The van der Waals surface area contributed by atoms with Crippen LogP contribution in [0.2, 0.25) is 0 Å². The molecule has 2 rings (SSSR count). The summed E-state index contributed by atoms with van der Waals surface area (Å²) in [6.07, 6.45) is 14.1. The molecule has 2 aliphatic rings. The van der Waals surface area contributed by atoms with Crippen molar-refractivity contribution in [2.45, 2.75) is 72.6 Å². The van der Waals surface area contributed by atoms with Gasteiger partial charge in [-0.1, -0.05) is 44.6 Å². The first-order valence-electron chi connectivity index (χ1n) is 10.4. The molecule has 2 saturated carbocycles. The predicted molar refractivity (Wildman–Crippen MR) is 109 cm³/mol. The zero-order valence-corrected chi connectivity index (χ0v) is 17.0. The Balaban J connectivity index is 1.89. The van der Waals surface area contributed by atoms with E-state index in [2.05, 4.69) is 50.8 Å². The van der Waals surface area contributed by atoms with E-state index in [1.54, 1.807) is 5.57 Å². The molecule has 0 radical (unpaired) electrons. The van der Waals surface area contributed by atoms with E-state index in [4.69, 9.17) is 5.11 Å².